The highest BCUT2D eigenvalue weighted by Gasteiger charge is 2.01. The van der Waals surface area contributed by atoms with E-state index in [0.29, 0.717) is 10.8 Å². The largest absolute Gasteiger partial charge is 0.424 e. The molecule has 1 heterocycles. The average molecular weight is 232 g/mol. The van der Waals surface area contributed by atoms with E-state index in [4.69, 9.17) is 21.6 Å². The van der Waals surface area contributed by atoms with Gasteiger partial charge in [0.2, 0.25) is 0 Å². The fourth-order valence-electron chi connectivity index (χ4n) is 1.09. The highest BCUT2D eigenvalue weighted by molar-refractivity contribution is 6.30. The zero-order valence-electron chi connectivity index (χ0n) is 8.09. The van der Waals surface area contributed by atoms with Crippen LogP contribution in [0.15, 0.2) is 36.5 Å². The van der Waals surface area contributed by atoms with Gasteiger partial charge in [0.1, 0.15) is 17.5 Å². The predicted molar refractivity (Wildman–Crippen MR) is 58.3 cm³/mol. The van der Waals surface area contributed by atoms with Crippen molar-refractivity contribution in [2.45, 2.75) is 0 Å². The van der Waals surface area contributed by atoms with Crippen LogP contribution in [0.1, 0.15) is 5.69 Å². The Morgan fingerprint density at radius 1 is 1.31 bits per heavy atom. The van der Waals surface area contributed by atoms with Gasteiger partial charge in [0.15, 0.2) is 0 Å². The Morgan fingerprint density at radius 3 is 2.94 bits per heavy atom. The Morgan fingerprint density at radius 2 is 2.19 bits per heavy atom. The van der Waals surface area contributed by atoms with E-state index < -0.39 is 0 Å². The van der Waals surface area contributed by atoms with Gasteiger partial charge in [-0.15, -0.1) is 0 Å². The normalized spacial score (nSPS) is 9.50. The lowest BCUT2D eigenvalue weighted by Gasteiger charge is -2.03. The lowest BCUT2D eigenvalue weighted by atomic mass is 10.3. The van der Waals surface area contributed by atoms with Crippen LogP contribution in [0, 0.1) is 11.3 Å². The van der Waals surface area contributed by atoms with E-state index in [1.807, 2.05) is 6.07 Å². The average Bonchev–Trinajstić information content (AvgIpc) is 2.29. The van der Waals surface area contributed by atoms with E-state index in [-0.39, 0.29) is 11.7 Å². The molecule has 0 bridgehead atoms. The highest BCUT2D eigenvalue weighted by atomic mass is 35.5. The summed E-state index contributed by atoms with van der Waals surface area (Å²) in [5.41, 5.74) is 0.257. The molecule has 0 radical (unpaired) electrons. The quantitative estimate of drug-likeness (QED) is 0.797. The van der Waals surface area contributed by atoms with Crippen molar-refractivity contribution < 1.29 is 4.74 Å². The minimum Gasteiger partial charge on any atom is -0.424 e. The van der Waals surface area contributed by atoms with Gasteiger partial charge in [-0.2, -0.15) is 10.2 Å². The fraction of sp³-hybridized carbons (Fsp3) is 0. The maximum atomic E-state index is 8.66. The van der Waals surface area contributed by atoms with Gasteiger partial charge in [-0.3, -0.25) is 0 Å². The molecule has 0 aliphatic heterocycles. The molecule has 0 saturated heterocycles. The number of halogens is 1. The van der Waals surface area contributed by atoms with E-state index in [9.17, 15) is 0 Å². The van der Waals surface area contributed by atoms with E-state index in [2.05, 4.69) is 9.97 Å². The predicted octanol–water partition coefficient (Wildman–Crippen LogP) is 2.79. The molecule has 2 rings (SSSR count). The molecule has 78 valence electrons. The third-order valence-corrected chi connectivity index (χ3v) is 1.99. The van der Waals surface area contributed by atoms with Crippen molar-refractivity contribution >= 4 is 11.6 Å². The molecule has 0 unspecified atom stereocenters. The summed E-state index contributed by atoms with van der Waals surface area (Å²) in [7, 11) is 0. The number of nitriles is 1. The maximum absolute atomic E-state index is 8.66. The summed E-state index contributed by atoms with van der Waals surface area (Å²) < 4.78 is 5.34. The van der Waals surface area contributed by atoms with Crippen LogP contribution < -0.4 is 4.74 Å². The van der Waals surface area contributed by atoms with E-state index in [1.165, 1.54) is 12.3 Å². The minimum atomic E-state index is 0.126. The van der Waals surface area contributed by atoms with Gasteiger partial charge in [0.25, 0.3) is 0 Å². The number of ether oxygens (including phenoxy) is 1. The summed E-state index contributed by atoms with van der Waals surface area (Å²) in [6.45, 7) is 0. The second-order valence-electron chi connectivity index (χ2n) is 2.90. The summed E-state index contributed by atoms with van der Waals surface area (Å²) in [4.78, 5) is 7.76. The van der Waals surface area contributed by atoms with Crippen molar-refractivity contribution in [1.29, 1.82) is 5.26 Å². The zero-order valence-corrected chi connectivity index (χ0v) is 8.85. The lowest BCUT2D eigenvalue weighted by molar-refractivity contribution is 0.441. The Labute approximate surface area is 97.1 Å². The van der Waals surface area contributed by atoms with Gasteiger partial charge >= 0.3 is 6.01 Å². The van der Waals surface area contributed by atoms with Crippen LogP contribution in [0.25, 0.3) is 0 Å². The molecule has 2 aromatic rings. The molecule has 1 aromatic heterocycles. The van der Waals surface area contributed by atoms with Gasteiger partial charge in [0, 0.05) is 11.2 Å². The summed E-state index contributed by atoms with van der Waals surface area (Å²) >= 11 is 5.80. The summed E-state index contributed by atoms with van der Waals surface area (Å²) in [6, 6.07) is 10.4. The molecular formula is C11H6ClN3O. The third-order valence-electron chi connectivity index (χ3n) is 1.75. The van der Waals surface area contributed by atoms with Crippen LogP contribution in [-0.4, -0.2) is 9.97 Å². The molecule has 0 amide bonds. The molecule has 16 heavy (non-hydrogen) atoms. The minimum absolute atomic E-state index is 0.126. The Hall–Kier alpha value is -2.12. The molecule has 0 atom stereocenters. The summed E-state index contributed by atoms with van der Waals surface area (Å²) in [5.74, 6) is 0.530. The zero-order chi connectivity index (χ0) is 11.4. The molecular weight excluding hydrogens is 226 g/mol. The van der Waals surface area contributed by atoms with Crippen LogP contribution >= 0.6 is 11.6 Å². The Balaban J connectivity index is 2.24. The van der Waals surface area contributed by atoms with Crippen LogP contribution in [-0.2, 0) is 0 Å². The Kier molecular flexibility index (Phi) is 2.99. The monoisotopic (exact) mass is 231 g/mol. The summed E-state index contributed by atoms with van der Waals surface area (Å²) in [5, 5.41) is 9.22. The number of hydrogen-bond donors (Lipinski definition) is 0. The van der Waals surface area contributed by atoms with Gasteiger partial charge in [-0.25, -0.2) is 4.98 Å². The maximum Gasteiger partial charge on any atom is 0.323 e. The SMILES string of the molecule is N#Cc1ccnc(Oc2cccc(Cl)c2)n1. The van der Waals surface area contributed by atoms with Crippen molar-refractivity contribution in [2.75, 3.05) is 0 Å². The van der Waals surface area contributed by atoms with Gasteiger partial charge < -0.3 is 4.74 Å². The van der Waals surface area contributed by atoms with Crippen molar-refractivity contribution in [3.8, 4) is 17.8 Å². The van der Waals surface area contributed by atoms with E-state index in [1.54, 1.807) is 24.3 Å². The molecule has 0 fully saturated rings. The van der Waals surface area contributed by atoms with Crippen molar-refractivity contribution in [1.82, 2.24) is 9.97 Å². The molecule has 0 N–H and O–H groups in total. The first-order chi connectivity index (χ1) is 7.78. The first-order valence-corrected chi connectivity index (χ1v) is 4.82. The molecule has 0 aliphatic carbocycles. The van der Waals surface area contributed by atoms with Crippen LogP contribution in [0.5, 0.6) is 11.8 Å². The lowest BCUT2D eigenvalue weighted by Crippen LogP contribution is -1.93. The first-order valence-electron chi connectivity index (χ1n) is 4.44. The standard InChI is InChI=1S/C11H6ClN3O/c12-8-2-1-3-10(6-8)16-11-14-5-4-9(7-13)15-11/h1-6H. The van der Waals surface area contributed by atoms with Crippen LogP contribution in [0.4, 0.5) is 0 Å². The van der Waals surface area contributed by atoms with Gasteiger partial charge in [-0.05, 0) is 24.3 Å². The number of hydrogen-bond acceptors (Lipinski definition) is 4. The van der Waals surface area contributed by atoms with Crippen LogP contribution in [0.2, 0.25) is 5.02 Å². The van der Waals surface area contributed by atoms with Crippen LogP contribution in [0.3, 0.4) is 0 Å². The Bertz CT molecular complexity index is 551. The number of aromatic nitrogens is 2. The van der Waals surface area contributed by atoms with E-state index >= 15 is 0 Å². The smallest absolute Gasteiger partial charge is 0.323 e. The number of benzene rings is 1. The van der Waals surface area contributed by atoms with Crippen molar-refractivity contribution in [2.24, 2.45) is 0 Å². The van der Waals surface area contributed by atoms with Gasteiger partial charge in [-0.1, -0.05) is 17.7 Å². The van der Waals surface area contributed by atoms with Crippen molar-refractivity contribution in [3.05, 3.63) is 47.2 Å². The molecule has 0 saturated carbocycles. The molecule has 5 heteroatoms. The van der Waals surface area contributed by atoms with E-state index in [0.717, 1.165) is 0 Å². The number of rotatable bonds is 2. The second-order valence-corrected chi connectivity index (χ2v) is 3.33. The summed E-state index contributed by atoms with van der Waals surface area (Å²) in [6.07, 6.45) is 1.46. The second kappa shape index (κ2) is 4.60. The molecule has 0 spiro atoms. The first kappa shape index (κ1) is 10.4. The highest BCUT2D eigenvalue weighted by Crippen LogP contribution is 2.21. The third kappa shape index (κ3) is 2.47. The van der Waals surface area contributed by atoms with Gasteiger partial charge in [0.05, 0.1) is 0 Å². The molecule has 4 nitrogen and oxygen atoms in total. The number of nitrogens with zero attached hydrogens (tertiary/aromatic N) is 3. The fourth-order valence-corrected chi connectivity index (χ4v) is 1.27. The molecule has 1 aromatic carbocycles. The molecule has 0 aliphatic rings. The van der Waals surface area contributed by atoms with Crippen molar-refractivity contribution in [3.63, 3.8) is 0 Å². The topological polar surface area (TPSA) is 58.8 Å².